The van der Waals surface area contributed by atoms with Gasteiger partial charge in [-0.1, -0.05) is 41.4 Å². The number of fused-ring (bicyclic) bond motifs is 4. The van der Waals surface area contributed by atoms with Crippen LogP contribution in [0.15, 0.2) is 78.4 Å². The maximum Gasteiger partial charge on any atom is 0.305 e. The Morgan fingerprint density at radius 1 is 1.00 bits per heavy atom. The fraction of sp³-hybridized carbons (Fsp3) is 0.306. The van der Waals surface area contributed by atoms with Gasteiger partial charge in [-0.2, -0.15) is 5.01 Å². The first-order valence-electron chi connectivity index (χ1n) is 15.8. The number of nitrogens with zero attached hydrogens (tertiary/aromatic N) is 2. The van der Waals surface area contributed by atoms with Crippen LogP contribution in [0.4, 0.5) is 10.1 Å². The number of imide groups is 2. The van der Waals surface area contributed by atoms with E-state index in [9.17, 15) is 33.8 Å². The number of rotatable bonds is 8. The number of carboxylic acids is 1. The van der Waals surface area contributed by atoms with E-state index in [4.69, 9.17) is 16.3 Å². The lowest BCUT2D eigenvalue weighted by Crippen LogP contribution is -2.53. The maximum atomic E-state index is 15.1. The van der Waals surface area contributed by atoms with Crippen molar-refractivity contribution in [3.63, 3.8) is 0 Å². The van der Waals surface area contributed by atoms with Crippen molar-refractivity contribution in [1.29, 1.82) is 0 Å². The van der Waals surface area contributed by atoms with E-state index in [1.165, 1.54) is 43.5 Å². The zero-order valence-electron chi connectivity index (χ0n) is 26.1. The van der Waals surface area contributed by atoms with Gasteiger partial charge in [0.05, 0.1) is 42.4 Å². The van der Waals surface area contributed by atoms with Crippen LogP contribution in [0.25, 0.3) is 0 Å². The van der Waals surface area contributed by atoms with Gasteiger partial charge in [-0.25, -0.2) is 4.39 Å². The van der Waals surface area contributed by atoms with Gasteiger partial charge in [0.25, 0.3) is 11.8 Å². The monoisotopic (exact) mass is 687 g/mol. The number of benzene rings is 3. The van der Waals surface area contributed by atoms with Crippen molar-refractivity contribution in [2.45, 2.75) is 30.6 Å². The Morgan fingerprint density at radius 2 is 1.71 bits per heavy atom. The molecule has 7 rings (SSSR count). The minimum absolute atomic E-state index is 0.0183. The van der Waals surface area contributed by atoms with Crippen LogP contribution in [-0.2, 0) is 29.4 Å². The van der Waals surface area contributed by atoms with E-state index in [1.807, 2.05) is 6.08 Å². The second-order valence-electron chi connectivity index (χ2n) is 12.8. The molecule has 4 aliphatic rings. The molecule has 49 heavy (non-hydrogen) atoms. The van der Waals surface area contributed by atoms with Crippen LogP contribution >= 0.6 is 11.6 Å². The maximum absolute atomic E-state index is 15.1. The van der Waals surface area contributed by atoms with Gasteiger partial charge >= 0.3 is 5.97 Å². The zero-order chi connectivity index (χ0) is 34.8. The second-order valence-corrected chi connectivity index (χ2v) is 13.2. The Morgan fingerprint density at radius 3 is 2.39 bits per heavy atom. The lowest BCUT2D eigenvalue weighted by molar-refractivity contribution is -0.143. The van der Waals surface area contributed by atoms with Crippen molar-refractivity contribution in [2.24, 2.45) is 23.7 Å². The number of nitrogens with one attached hydrogen (secondary N) is 1. The van der Waals surface area contributed by atoms with E-state index in [0.29, 0.717) is 21.7 Å². The third-order valence-corrected chi connectivity index (χ3v) is 10.7. The van der Waals surface area contributed by atoms with Crippen LogP contribution in [0.3, 0.4) is 0 Å². The molecule has 0 radical (unpaired) electrons. The molecule has 0 bridgehead atoms. The highest BCUT2D eigenvalue weighted by molar-refractivity contribution is 6.30. The molecule has 252 valence electrons. The van der Waals surface area contributed by atoms with Crippen molar-refractivity contribution < 1.29 is 43.3 Å². The number of halogens is 2. The van der Waals surface area contributed by atoms with Crippen molar-refractivity contribution in [3.05, 3.63) is 100 Å². The van der Waals surface area contributed by atoms with Gasteiger partial charge < -0.3 is 14.9 Å². The van der Waals surface area contributed by atoms with Gasteiger partial charge in [0.1, 0.15) is 17.3 Å². The Hall–Kier alpha value is -5.23. The zero-order valence-corrected chi connectivity index (χ0v) is 26.9. The first-order chi connectivity index (χ1) is 23.5. The topological polar surface area (TPSA) is 154 Å². The summed E-state index contributed by atoms with van der Waals surface area (Å²) in [5.74, 6) is -8.02. The minimum Gasteiger partial charge on any atom is -0.508 e. The highest BCUT2D eigenvalue weighted by atomic mass is 35.5. The number of ether oxygens (including phenoxy) is 1. The van der Waals surface area contributed by atoms with Gasteiger partial charge in [0.2, 0.25) is 11.8 Å². The largest absolute Gasteiger partial charge is 0.508 e. The van der Waals surface area contributed by atoms with Gasteiger partial charge in [-0.15, -0.1) is 0 Å². The standard InChI is InChI=1S/C36H31ClFN3O8/c1-49-28-16-22(42)10-11-24(28)31-23-12-13-25-30(34(47)40(32(25)45)15-14-29(43)44)26(23)17-27-33(46)41(39-21-8-6-20(38)7-9-21)35(48)36(27,31)18-2-4-19(37)5-3-18/h2-12,16,25-27,30-31,39,42H,13-15,17H2,1H3,(H,43,44). The molecule has 13 heteroatoms. The van der Waals surface area contributed by atoms with Gasteiger partial charge in [0, 0.05) is 29.1 Å². The highest BCUT2D eigenvalue weighted by Gasteiger charge is 2.70. The van der Waals surface area contributed by atoms with E-state index in [1.54, 1.807) is 30.3 Å². The number of hydrazine groups is 1. The Kier molecular flexibility index (Phi) is 7.93. The predicted molar refractivity (Wildman–Crippen MR) is 173 cm³/mol. The first-order valence-corrected chi connectivity index (χ1v) is 16.2. The summed E-state index contributed by atoms with van der Waals surface area (Å²) in [6.45, 7) is -0.276. The van der Waals surface area contributed by atoms with Crippen molar-refractivity contribution >= 4 is 46.9 Å². The second kappa shape index (κ2) is 12.0. The Bertz CT molecular complexity index is 1930. The average molecular weight is 688 g/mol. The molecule has 2 saturated heterocycles. The number of hydrogen-bond acceptors (Lipinski definition) is 8. The highest BCUT2D eigenvalue weighted by Crippen LogP contribution is 2.65. The summed E-state index contributed by atoms with van der Waals surface area (Å²) in [5, 5.41) is 21.0. The molecule has 11 nitrogen and oxygen atoms in total. The Balaban J connectivity index is 1.44. The van der Waals surface area contributed by atoms with E-state index in [0.717, 1.165) is 9.91 Å². The summed E-state index contributed by atoms with van der Waals surface area (Å²) in [6, 6.07) is 16.3. The molecule has 2 aliphatic carbocycles. The van der Waals surface area contributed by atoms with Crippen LogP contribution in [0.1, 0.15) is 36.3 Å². The molecule has 3 fully saturated rings. The third kappa shape index (κ3) is 4.96. The number of amides is 4. The summed E-state index contributed by atoms with van der Waals surface area (Å²) in [4.78, 5) is 69.6. The number of allylic oxidation sites excluding steroid dienone is 2. The molecule has 6 unspecified atom stereocenters. The predicted octanol–water partition coefficient (Wildman–Crippen LogP) is 4.65. The normalized spacial score (nSPS) is 27.4. The number of phenolic OH excluding ortho intramolecular Hbond substituents is 1. The molecule has 1 saturated carbocycles. The third-order valence-electron chi connectivity index (χ3n) is 10.4. The summed E-state index contributed by atoms with van der Waals surface area (Å²) >= 11 is 6.31. The van der Waals surface area contributed by atoms with Crippen molar-refractivity contribution in [2.75, 3.05) is 19.1 Å². The lowest BCUT2D eigenvalue weighted by atomic mass is 9.49. The van der Waals surface area contributed by atoms with Gasteiger partial charge in [-0.3, -0.25) is 34.3 Å². The van der Waals surface area contributed by atoms with Crippen LogP contribution < -0.4 is 10.2 Å². The molecule has 3 aromatic rings. The van der Waals surface area contributed by atoms with E-state index in [-0.39, 0.29) is 36.6 Å². The average Bonchev–Trinajstić information content (AvgIpc) is 3.45. The number of methoxy groups -OCH3 is 1. The molecule has 2 heterocycles. The number of anilines is 1. The molecule has 3 N–H and O–H groups in total. The molecule has 0 aromatic heterocycles. The number of likely N-dealkylation sites (tertiary alicyclic amines) is 1. The number of carbonyl (C=O) groups is 5. The SMILES string of the molecule is COc1cc(O)ccc1C1C2=CCC3C(=O)N(CCC(=O)O)C(=O)C3C2CC2C(=O)N(Nc3ccc(F)cc3)C(=O)C21c1ccc(Cl)cc1. The summed E-state index contributed by atoms with van der Waals surface area (Å²) in [6.07, 6.45) is 1.62. The van der Waals surface area contributed by atoms with E-state index >= 15 is 4.79 Å². The molecule has 0 spiro atoms. The van der Waals surface area contributed by atoms with Crippen LogP contribution in [0.5, 0.6) is 11.5 Å². The number of carbonyl (C=O) groups excluding carboxylic acids is 4. The molecule has 2 aliphatic heterocycles. The minimum atomic E-state index is -1.62. The Labute approximate surface area is 284 Å². The van der Waals surface area contributed by atoms with Crippen molar-refractivity contribution in [3.8, 4) is 11.5 Å². The molecular formula is C36H31ClFN3O8. The summed E-state index contributed by atoms with van der Waals surface area (Å²) < 4.78 is 19.5. The van der Waals surface area contributed by atoms with Crippen LogP contribution in [0, 0.1) is 29.5 Å². The van der Waals surface area contributed by atoms with Gasteiger partial charge in [-0.05, 0) is 66.8 Å². The summed E-state index contributed by atoms with van der Waals surface area (Å²) in [7, 11) is 1.42. The fourth-order valence-electron chi connectivity index (χ4n) is 8.43. The lowest BCUT2D eigenvalue weighted by Gasteiger charge is -2.50. The molecular weight excluding hydrogens is 657 g/mol. The quantitative estimate of drug-likeness (QED) is 0.227. The van der Waals surface area contributed by atoms with Crippen molar-refractivity contribution in [1.82, 2.24) is 9.91 Å². The van der Waals surface area contributed by atoms with Crippen LogP contribution in [0.2, 0.25) is 5.02 Å². The van der Waals surface area contributed by atoms with E-state index in [2.05, 4.69) is 5.43 Å². The molecule has 3 aromatic carbocycles. The number of carboxylic acid groups (broad SMARTS) is 1. The fourth-order valence-corrected chi connectivity index (χ4v) is 8.56. The number of phenols is 1. The first kappa shape index (κ1) is 32.3. The molecule has 6 atom stereocenters. The van der Waals surface area contributed by atoms with E-state index < -0.39 is 76.8 Å². The number of aromatic hydroxyl groups is 1. The summed E-state index contributed by atoms with van der Waals surface area (Å²) in [5.41, 5.74) is 3.15. The smallest absolute Gasteiger partial charge is 0.305 e. The number of aliphatic carboxylic acids is 1. The molecule has 4 amide bonds. The van der Waals surface area contributed by atoms with Crippen LogP contribution in [-0.4, -0.2) is 63.4 Å². The number of hydrogen-bond donors (Lipinski definition) is 3. The van der Waals surface area contributed by atoms with Gasteiger partial charge in [0.15, 0.2) is 0 Å².